The fraction of sp³-hybridized carbons (Fsp3) is 0.357. The fourth-order valence-corrected chi connectivity index (χ4v) is 3.49. The Morgan fingerprint density at radius 2 is 1.90 bits per heavy atom. The van der Waals surface area contributed by atoms with Gasteiger partial charge < -0.3 is 9.84 Å². The molecule has 1 aliphatic heterocycles. The van der Waals surface area contributed by atoms with Crippen LogP contribution in [0.15, 0.2) is 35.2 Å². The summed E-state index contributed by atoms with van der Waals surface area (Å²) in [5.74, 6) is -1.05. The van der Waals surface area contributed by atoms with Crippen molar-refractivity contribution in [1.82, 2.24) is 4.31 Å². The first-order valence-electron chi connectivity index (χ1n) is 6.59. The largest absolute Gasteiger partial charge is 0.478 e. The predicted molar refractivity (Wildman–Crippen MR) is 77.3 cm³/mol. The molecule has 114 valence electrons. The summed E-state index contributed by atoms with van der Waals surface area (Å²) >= 11 is 0. The number of hydrogen-bond donors (Lipinski definition) is 1. The molecule has 2 rings (SSSR count). The second-order valence-electron chi connectivity index (χ2n) is 4.61. The molecule has 0 unspecified atom stereocenters. The van der Waals surface area contributed by atoms with Crippen LogP contribution in [0.1, 0.15) is 12.0 Å². The van der Waals surface area contributed by atoms with Gasteiger partial charge in [0.15, 0.2) is 0 Å². The Labute approximate surface area is 123 Å². The van der Waals surface area contributed by atoms with Crippen molar-refractivity contribution in [2.45, 2.75) is 11.3 Å². The van der Waals surface area contributed by atoms with Gasteiger partial charge in [-0.3, -0.25) is 0 Å². The van der Waals surface area contributed by atoms with E-state index in [4.69, 9.17) is 9.84 Å². The van der Waals surface area contributed by atoms with Crippen LogP contribution in [-0.4, -0.2) is 50.1 Å². The lowest BCUT2D eigenvalue weighted by molar-refractivity contribution is -0.131. The summed E-state index contributed by atoms with van der Waals surface area (Å²) in [4.78, 5) is 10.6. The quantitative estimate of drug-likeness (QED) is 0.845. The van der Waals surface area contributed by atoms with Gasteiger partial charge in [0.05, 0.1) is 11.5 Å². The second kappa shape index (κ2) is 6.84. The molecule has 1 aromatic rings. The third-order valence-electron chi connectivity index (χ3n) is 3.12. The van der Waals surface area contributed by atoms with Crippen LogP contribution in [0.4, 0.5) is 0 Å². The van der Waals surface area contributed by atoms with E-state index in [1.54, 1.807) is 12.1 Å². The third kappa shape index (κ3) is 4.13. The number of carboxylic acid groups (broad SMARTS) is 1. The highest BCUT2D eigenvalue weighted by Gasteiger charge is 2.24. The molecule has 7 heteroatoms. The molecule has 0 aromatic heterocycles. The van der Waals surface area contributed by atoms with Gasteiger partial charge in [0.2, 0.25) is 10.0 Å². The van der Waals surface area contributed by atoms with Crippen molar-refractivity contribution in [2.75, 3.05) is 26.3 Å². The number of rotatable bonds is 4. The smallest absolute Gasteiger partial charge is 0.328 e. The number of sulfonamides is 1. The van der Waals surface area contributed by atoms with E-state index in [9.17, 15) is 13.2 Å². The zero-order valence-corrected chi connectivity index (χ0v) is 12.3. The zero-order valence-electron chi connectivity index (χ0n) is 11.4. The van der Waals surface area contributed by atoms with Gasteiger partial charge in [-0.15, -0.1) is 0 Å². The summed E-state index contributed by atoms with van der Waals surface area (Å²) < 4.78 is 31.6. The molecule has 0 bridgehead atoms. The SMILES string of the molecule is O=C(O)C=Cc1ccc(S(=O)(=O)N2CCCOCC2)cc1. The molecule has 1 heterocycles. The van der Waals surface area contributed by atoms with E-state index in [0.717, 1.165) is 6.08 Å². The van der Waals surface area contributed by atoms with Crippen molar-refractivity contribution < 1.29 is 23.1 Å². The summed E-state index contributed by atoms with van der Waals surface area (Å²) in [5, 5.41) is 8.55. The molecule has 0 spiro atoms. The lowest BCUT2D eigenvalue weighted by atomic mass is 10.2. The van der Waals surface area contributed by atoms with E-state index in [-0.39, 0.29) is 4.90 Å². The van der Waals surface area contributed by atoms with E-state index >= 15 is 0 Å². The van der Waals surface area contributed by atoms with Gasteiger partial charge in [0.25, 0.3) is 0 Å². The molecule has 1 fully saturated rings. The van der Waals surface area contributed by atoms with Gasteiger partial charge >= 0.3 is 5.97 Å². The van der Waals surface area contributed by atoms with Gasteiger partial charge in [-0.1, -0.05) is 12.1 Å². The molecule has 1 aliphatic rings. The molecule has 0 aliphatic carbocycles. The molecule has 1 aromatic carbocycles. The van der Waals surface area contributed by atoms with Crippen molar-refractivity contribution in [2.24, 2.45) is 0 Å². The fourth-order valence-electron chi connectivity index (χ4n) is 2.03. The van der Waals surface area contributed by atoms with E-state index in [1.807, 2.05) is 0 Å². The minimum Gasteiger partial charge on any atom is -0.478 e. The first kappa shape index (κ1) is 15.7. The Kier molecular flexibility index (Phi) is 5.11. The van der Waals surface area contributed by atoms with Crippen molar-refractivity contribution in [3.05, 3.63) is 35.9 Å². The van der Waals surface area contributed by atoms with E-state index in [0.29, 0.717) is 38.3 Å². The zero-order chi connectivity index (χ0) is 15.3. The average molecular weight is 311 g/mol. The van der Waals surface area contributed by atoms with Crippen molar-refractivity contribution in [1.29, 1.82) is 0 Å². The molecule has 1 saturated heterocycles. The summed E-state index contributed by atoms with van der Waals surface area (Å²) in [7, 11) is -3.52. The van der Waals surface area contributed by atoms with E-state index in [1.165, 1.54) is 22.5 Å². The molecule has 6 nitrogen and oxygen atoms in total. The summed E-state index contributed by atoms with van der Waals surface area (Å²) in [6.45, 7) is 1.77. The topological polar surface area (TPSA) is 83.9 Å². The molecule has 21 heavy (non-hydrogen) atoms. The minimum atomic E-state index is -3.52. The number of benzene rings is 1. The number of aliphatic carboxylic acids is 1. The minimum absolute atomic E-state index is 0.205. The number of nitrogens with zero attached hydrogens (tertiary/aromatic N) is 1. The highest BCUT2D eigenvalue weighted by molar-refractivity contribution is 7.89. The number of carboxylic acids is 1. The van der Waals surface area contributed by atoms with Crippen LogP contribution >= 0.6 is 0 Å². The average Bonchev–Trinajstić information content (AvgIpc) is 2.75. The predicted octanol–water partition coefficient (Wildman–Crippen LogP) is 1.20. The molecule has 0 atom stereocenters. The Bertz CT molecular complexity index is 613. The number of ether oxygens (including phenoxy) is 1. The van der Waals surface area contributed by atoms with Crippen LogP contribution in [-0.2, 0) is 19.6 Å². The first-order chi connectivity index (χ1) is 10.00. The van der Waals surface area contributed by atoms with E-state index in [2.05, 4.69) is 0 Å². The van der Waals surface area contributed by atoms with Crippen LogP contribution in [0, 0.1) is 0 Å². The van der Waals surface area contributed by atoms with E-state index < -0.39 is 16.0 Å². The van der Waals surface area contributed by atoms with Crippen LogP contribution in [0.25, 0.3) is 6.08 Å². The molecular weight excluding hydrogens is 294 g/mol. The Morgan fingerprint density at radius 1 is 1.19 bits per heavy atom. The van der Waals surface area contributed by atoms with Gasteiger partial charge in [-0.05, 0) is 30.2 Å². The maximum Gasteiger partial charge on any atom is 0.328 e. The van der Waals surface area contributed by atoms with Gasteiger partial charge in [-0.25, -0.2) is 13.2 Å². The molecule has 0 radical (unpaired) electrons. The number of carbonyl (C=O) groups is 1. The highest BCUT2D eigenvalue weighted by atomic mass is 32.2. The Hall–Kier alpha value is -1.70. The van der Waals surface area contributed by atoms with Crippen LogP contribution in [0.5, 0.6) is 0 Å². The highest BCUT2D eigenvalue weighted by Crippen LogP contribution is 2.18. The summed E-state index contributed by atoms with van der Waals surface area (Å²) in [6.07, 6.45) is 3.10. The lowest BCUT2D eigenvalue weighted by Gasteiger charge is -2.19. The van der Waals surface area contributed by atoms with Crippen LogP contribution in [0.2, 0.25) is 0 Å². The van der Waals surface area contributed by atoms with Gasteiger partial charge in [0.1, 0.15) is 0 Å². The van der Waals surface area contributed by atoms with Gasteiger partial charge in [-0.2, -0.15) is 4.31 Å². The van der Waals surface area contributed by atoms with Crippen LogP contribution in [0.3, 0.4) is 0 Å². The van der Waals surface area contributed by atoms with Crippen molar-refractivity contribution in [3.63, 3.8) is 0 Å². The first-order valence-corrected chi connectivity index (χ1v) is 8.03. The second-order valence-corrected chi connectivity index (χ2v) is 6.55. The number of hydrogen-bond acceptors (Lipinski definition) is 4. The van der Waals surface area contributed by atoms with Crippen LogP contribution < -0.4 is 0 Å². The Balaban J connectivity index is 2.18. The maximum atomic E-state index is 12.5. The lowest BCUT2D eigenvalue weighted by Crippen LogP contribution is -2.33. The Morgan fingerprint density at radius 3 is 2.57 bits per heavy atom. The summed E-state index contributed by atoms with van der Waals surface area (Å²) in [6, 6.07) is 6.15. The summed E-state index contributed by atoms with van der Waals surface area (Å²) in [5.41, 5.74) is 0.635. The third-order valence-corrected chi connectivity index (χ3v) is 5.03. The monoisotopic (exact) mass is 311 g/mol. The molecule has 0 saturated carbocycles. The molecule has 0 amide bonds. The maximum absolute atomic E-state index is 12.5. The molecular formula is C14H17NO5S. The standard InChI is InChI=1S/C14H17NO5S/c16-14(17)7-4-12-2-5-13(6-3-12)21(18,19)15-8-1-10-20-11-9-15/h2-7H,1,8-11H2,(H,16,17). The van der Waals surface area contributed by atoms with Gasteiger partial charge in [0, 0.05) is 25.8 Å². The van der Waals surface area contributed by atoms with Crippen molar-refractivity contribution >= 4 is 22.1 Å². The normalized spacial score (nSPS) is 17.7. The van der Waals surface area contributed by atoms with Crippen molar-refractivity contribution in [3.8, 4) is 0 Å². The molecule has 1 N–H and O–H groups in total.